The monoisotopic (exact) mass is 337 g/mol. The van der Waals surface area contributed by atoms with Gasteiger partial charge in [-0.2, -0.15) is 0 Å². The maximum absolute atomic E-state index is 12.4. The second-order valence-corrected chi connectivity index (χ2v) is 5.98. The zero-order chi connectivity index (χ0) is 16.3. The van der Waals surface area contributed by atoms with Crippen molar-refractivity contribution in [2.75, 3.05) is 12.4 Å². The minimum absolute atomic E-state index is 0.264. The number of anilines is 1. The molecular weight excluding hydrogens is 321 g/mol. The average Bonchev–Trinajstić information content (AvgIpc) is 2.47. The van der Waals surface area contributed by atoms with E-state index in [2.05, 4.69) is 19.2 Å². The summed E-state index contributed by atoms with van der Waals surface area (Å²) in [7, 11) is 1.48. The Labute approximate surface area is 140 Å². The van der Waals surface area contributed by atoms with Crippen LogP contribution in [0.3, 0.4) is 0 Å². The van der Waals surface area contributed by atoms with E-state index >= 15 is 0 Å². The molecule has 5 heteroatoms. The molecule has 0 aliphatic carbocycles. The first kappa shape index (κ1) is 16.7. The van der Waals surface area contributed by atoms with Crippen LogP contribution in [0.1, 0.15) is 35.7 Å². The molecule has 0 saturated carbocycles. The molecule has 0 saturated heterocycles. The van der Waals surface area contributed by atoms with E-state index in [-0.39, 0.29) is 5.91 Å². The second-order valence-electron chi connectivity index (χ2n) is 5.17. The average molecular weight is 338 g/mol. The van der Waals surface area contributed by atoms with Crippen LogP contribution in [0, 0.1) is 0 Å². The molecule has 3 nitrogen and oxygen atoms in total. The molecule has 116 valence electrons. The highest BCUT2D eigenvalue weighted by molar-refractivity contribution is 6.37. The molecule has 0 bridgehead atoms. The first-order chi connectivity index (χ1) is 10.4. The molecule has 22 heavy (non-hydrogen) atoms. The molecule has 1 amide bonds. The number of hydrogen-bond acceptors (Lipinski definition) is 2. The van der Waals surface area contributed by atoms with Gasteiger partial charge >= 0.3 is 0 Å². The van der Waals surface area contributed by atoms with Crippen LogP contribution in [0.2, 0.25) is 10.0 Å². The van der Waals surface area contributed by atoms with Crippen molar-refractivity contribution in [1.29, 1.82) is 0 Å². The Kier molecular flexibility index (Phi) is 5.33. The first-order valence-corrected chi connectivity index (χ1v) is 7.63. The lowest BCUT2D eigenvalue weighted by atomic mass is 10.0. The lowest BCUT2D eigenvalue weighted by molar-refractivity contribution is 0.102. The van der Waals surface area contributed by atoms with Crippen molar-refractivity contribution >= 4 is 34.8 Å². The summed E-state index contributed by atoms with van der Waals surface area (Å²) < 4.78 is 5.08. The topological polar surface area (TPSA) is 38.3 Å². The zero-order valence-corrected chi connectivity index (χ0v) is 14.1. The number of methoxy groups -OCH3 is 1. The van der Waals surface area contributed by atoms with E-state index in [9.17, 15) is 4.79 Å². The van der Waals surface area contributed by atoms with Crippen molar-refractivity contribution in [3.63, 3.8) is 0 Å². The van der Waals surface area contributed by atoms with Gasteiger partial charge in [-0.15, -0.1) is 0 Å². The number of amides is 1. The minimum Gasteiger partial charge on any atom is -0.494 e. The highest BCUT2D eigenvalue weighted by atomic mass is 35.5. The van der Waals surface area contributed by atoms with Gasteiger partial charge < -0.3 is 10.1 Å². The van der Waals surface area contributed by atoms with Crippen LogP contribution in [-0.2, 0) is 0 Å². The number of nitrogens with one attached hydrogen (secondary N) is 1. The van der Waals surface area contributed by atoms with Gasteiger partial charge in [0, 0.05) is 11.3 Å². The van der Waals surface area contributed by atoms with Gasteiger partial charge in [0.15, 0.2) is 5.75 Å². The van der Waals surface area contributed by atoms with Gasteiger partial charge in [0.1, 0.15) is 0 Å². The maximum Gasteiger partial charge on any atom is 0.255 e. The van der Waals surface area contributed by atoms with Gasteiger partial charge in [-0.25, -0.2) is 0 Å². The van der Waals surface area contributed by atoms with Crippen molar-refractivity contribution < 1.29 is 9.53 Å². The van der Waals surface area contributed by atoms with E-state index in [0.717, 1.165) is 11.3 Å². The molecular formula is C17H17Cl2NO2. The number of hydrogen-bond donors (Lipinski definition) is 1. The van der Waals surface area contributed by atoms with E-state index in [1.54, 1.807) is 12.1 Å². The van der Waals surface area contributed by atoms with Gasteiger partial charge in [0.05, 0.1) is 17.2 Å². The van der Waals surface area contributed by atoms with Crippen molar-refractivity contribution in [2.45, 2.75) is 19.8 Å². The molecule has 0 fully saturated rings. The molecule has 0 spiro atoms. The lowest BCUT2D eigenvalue weighted by Gasteiger charge is -2.14. The summed E-state index contributed by atoms with van der Waals surface area (Å²) in [5.41, 5.74) is 2.24. The molecule has 0 radical (unpaired) electrons. The van der Waals surface area contributed by atoms with Crippen LogP contribution in [0.5, 0.6) is 5.75 Å². The van der Waals surface area contributed by atoms with E-state index in [1.807, 2.05) is 24.3 Å². The number of benzene rings is 2. The second kappa shape index (κ2) is 7.03. The normalized spacial score (nSPS) is 10.6. The van der Waals surface area contributed by atoms with Crippen LogP contribution in [0.25, 0.3) is 0 Å². The molecule has 2 rings (SSSR count). The Morgan fingerprint density at radius 3 is 2.27 bits per heavy atom. The fourth-order valence-electron chi connectivity index (χ4n) is 2.19. The summed E-state index contributed by atoms with van der Waals surface area (Å²) in [4.78, 5) is 12.4. The van der Waals surface area contributed by atoms with Gasteiger partial charge in [-0.05, 0) is 29.7 Å². The Morgan fingerprint density at radius 1 is 1.14 bits per heavy atom. The predicted octanol–water partition coefficient (Wildman–Crippen LogP) is 5.38. The highest BCUT2D eigenvalue weighted by Gasteiger charge is 2.15. The summed E-state index contributed by atoms with van der Waals surface area (Å²) in [6, 6.07) is 10.8. The third kappa shape index (κ3) is 3.54. The molecule has 1 N–H and O–H groups in total. The Hall–Kier alpha value is -1.71. The van der Waals surface area contributed by atoms with Crippen molar-refractivity contribution in [2.24, 2.45) is 0 Å². The lowest BCUT2D eigenvalue weighted by Crippen LogP contribution is -2.14. The number of ether oxygens (including phenoxy) is 1. The zero-order valence-electron chi connectivity index (χ0n) is 12.6. The fourth-order valence-corrected chi connectivity index (χ4v) is 2.84. The smallest absolute Gasteiger partial charge is 0.255 e. The number of carbonyl (C=O) groups excluding carboxylic acids is 1. The Bertz CT molecular complexity index is 676. The molecule has 0 unspecified atom stereocenters. The maximum atomic E-state index is 12.4. The highest BCUT2D eigenvalue weighted by Crippen LogP contribution is 2.34. The van der Waals surface area contributed by atoms with Crippen LogP contribution in [0.15, 0.2) is 36.4 Å². The summed E-state index contributed by atoms with van der Waals surface area (Å²) in [6.45, 7) is 4.15. The number of carbonyl (C=O) groups is 1. The third-order valence-electron chi connectivity index (χ3n) is 3.30. The summed E-state index contributed by atoms with van der Waals surface area (Å²) in [5.74, 6) is 0.404. The van der Waals surface area contributed by atoms with Crippen molar-refractivity contribution in [3.05, 3.63) is 57.6 Å². The molecule has 2 aromatic rings. The molecule has 0 heterocycles. The molecule has 2 aromatic carbocycles. The van der Waals surface area contributed by atoms with Crippen LogP contribution >= 0.6 is 23.2 Å². The van der Waals surface area contributed by atoms with Crippen molar-refractivity contribution in [3.8, 4) is 5.75 Å². The number of rotatable bonds is 4. The number of para-hydroxylation sites is 1. The summed E-state index contributed by atoms with van der Waals surface area (Å²) >= 11 is 12.1. The van der Waals surface area contributed by atoms with Crippen LogP contribution in [-0.4, -0.2) is 13.0 Å². The third-order valence-corrected chi connectivity index (χ3v) is 3.86. The number of halogens is 2. The van der Waals surface area contributed by atoms with Crippen LogP contribution < -0.4 is 10.1 Å². The molecule has 0 aliphatic rings. The van der Waals surface area contributed by atoms with Gasteiger partial charge in [-0.1, -0.05) is 55.2 Å². The summed E-state index contributed by atoms with van der Waals surface area (Å²) in [5, 5.41) is 3.51. The SMILES string of the molecule is COc1c(Cl)cc(C(=O)Nc2ccccc2C(C)C)cc1Cl. The van der Waals surface area contributed by atoms with E-state index in [0.29, 0.717) is 27.3 Å². The standard InChI is InChI=1S/C17H17Cl2NO2/c1-10(2)12-6-4-5-7-15(12)20-17(21)11-8-13(18)16(22-3)14(19)9-11/h4-10H,1-3H3,(H,20,21). The van der Waals surface area contributed by atoms with Gasteiger partial charge in [0.25, 0.3) is 5.91 Å². The Morgan fingerprint density at radius 2 is 1.73 bits per heavy atom. The van der Waals surface area contributed by atoms with Crippen molar-refractivity contribution in [1.82, 2.24) is 0 Å². The predicted molar refractivity (Wildman–Crippen MR) is 91.5 cm³/mol. The Balaban J connectivity index is 2.31. The fraction of sp³-hybridized carbons (Fsp3) is 0.235. The molecule has 0 aromatic heterocycles. The van der Waals surface area contributed by atoms with Gasteiger partial charge in [-0.3, -0.25) is 4.79 Å². The van der Waals surface area contributed by atoms with E-state index in [4.69, 9.17) is 27.9 Å². The molecule has 0 atom stereocenters. The quantitative estimate of drug-likeness (QED) is 0.813. The van der Waals surface area contributed by atoms with Gasteiger partial charge in [0.2, 0.25) is 0 Å². The van der Waals surface area contributed by atoms with E-state index in [1.165, 1.54) is 7.11 Å². The van der Waals surface area contributed by atoms with Crippen LogP contribution in [0.4, 0.5) is 5.69 Å². The first-order valence-electron chi connectivity index (χ1n) is 6.87. The molecule has 0 aliphatic heterocycles. The minimum atomic E-state index is -0.264. The largest absolute Gasteiger partial charge is 0.494 e. The summed E-state index contributed by atoms with van der Waals surface area (Å²) in [6.07, 6.45) is 0. The van der Waals surface area contributed by atoms with E-state index < -0.39 is 0 Å².